The summed E-state index contributed by atoms with van der Waals surface area (Å²) in [7, 11) is 3.19. The number of ether oxygens (including phenoxy) is 2. The third kappa shape index (κ3) is 2.97. The summed E-state index contributed by atoms with van der Waals surface area (Å²) in [6, 6.07) is -0.0232. The molecule has 14 heavy (non-hydrogen) atoms. The zero-order valence-corrected chi connectivity index (χ0v) is 9.44. The van der Waals surface area contributed by atoms with Crippen LogP contribution in [0.1, 0.15) is 13.8 Å². The molecule has 4 nitrogen and oxygen atoms in total. The first-order chi connectivity index (χ1) is 6.19. The van der Waals surface area contributed by atoms with Gasteiger partial charge in [0.1, 0.15) is 5.90 Å². The normalized spacial score (nSPS) is 20.2. The molecule has 0 amide bonds. The van der Waals surface area contributed by atoms with Crippen molar-refractivity contribution < 1.29 is 28.3 Å². The smallest absolute Gasteiger partial charge is 0.566 e. The summed E-state index contributed by atoms with van der Waals surface area (Å²) >= 11 is 0. The molecule has 0 fully saturated rings. The van der Waals surface area contributed by atoms with Gasteiger partial charge in [0, 0.05) is 0 Å². The summed E-state index contributed by atoms with van der Waals surface area (Å²) in [5, 5.41) is 0. The zero-order valence-electron chi connectivity index (χ0n) is 9.44. The van der Waals surface area contributed by atoms with Gasteiger partial charge < -0.3 is 14.5 Å². The molecule has 0 radical (unpaired) electrons. The fourth-order valence-electron chi connectivity index (χ4n) is 1.13. The Morgan fingerprint density at radius 1 is 1.29 bits per heavy atom. The van der Waals surface area contributed by atoms with Crippen LogP contribution < -0.4 is 18.9 Å². The molecule has 0 saturated carbocycles. The van der Waals surface area contributed by atoms with Crippen LogP contribution in [0, 0.1) is 12.5 Å². The molecule has 0 aromatic carbocycles. The standard InChI is InChI=1S/C9H15N2O2.Li/c1-6(2)8-9(13-4)10-5-7(11-8)12-3;/h5-6,8H,1-4H3;/q-1;+1. The van der Waals surface area contributed by atoms with Crippen molar-refractivity contribution in [2.24, 2.45) is 15.9 Å². The van der Waals surface area contributed by atoms with E-state index in [4.69, 9.17) is 9.47 Å². The quantitative estimate of drug-likeness (QED) is 0.364. The first-order valence-electron chi connectivity index (χ1n) is 4.25. The van der Waals surface area contributed by atoms with E-state index in [1.807, 2.05) is 0 Å². The zero-order chi connectivity index (χ0) is 9.84. The average Bonchev–Trinajstić information content (AvgIpc) is 2.16. The van der Waals surface area contributed by atoms with Crippen LogP contribution in [0.2, 0.25) is 0 Å². The molecule has 0 bridgehead atoms. The van der Waals surface area contributed by atoms with Crippen LogP contribution in [0.3, 0.4) is 0 Å². The maximum atomic E-state index is 5.11. The monoisotopic (exact) mass is 190 g/mol. The van der Waals surface area contributed by atoms with Crippen molar-refractivity contribution in [3.8, 4) is 0 Å². The van der Waals surface area contributed by atoms with E-state index in [1.54, 1.807) is 20.8 Å². The van der Waals surface area contributed by atoms with Crippen LogP contribution in [-0.2, 0) is 9.47 Å². The van der Waals surface area contributed by atoms with E-state index in [1.165, 1.54) is 0 Å². The summed E-state index contributed by atoms with van der Waals surface area (Å²) in [4.78, 5) is 8.45. The van der Waals surface area contributed by atoms with Gasteiger partial charge in [-0.05, 0) is 5.92 Å². The minimum atomic E-state index is -0.0232. The Labute approximate surface area is 97.0 Å². The van der Waals surface area contributed by atoms with Crippen molar-refractivity contribution in [1.82, 2.24) is 0 Å². The molecular formula is C9H15LiN2O2. The van der Waals surface area contributed by atoms with E-state index in [0.29, 0.717) is 17.7 Å². The molecule has 5 heteroatoms. The number of aliphatic imine (C=N–C) groups is 2. The predicted octanol–water partition coefficient (Wildman–Crippen LogP) is -1.72. The Morgan fingerprint density at radius 2 is 1.93 bits per heavy atom. The van der Waals surface area contributed by atoms with E-state index in [0.717, 1.165) is 0 Å². The van der Waals surface area contributed by atoms with Gasteiger partial charge in [-0.1, -0.05) is 20.4 Å². The van der Waals surface area contributed by atoms with Crippen LogP contribution in [0.25, 0.3) is 0 Å². The Hall–Kier alpha value is -0.593. The maximum absolute atomic E-state index is 5.11. The number of rotatable bonds is 1. The van der Waals surface area contributed by atoms with Crippen molar-refractivity contribution in [2.75, 3.05) is 14.2 Å². The number of hydrogen-bond donors (Lipinski definition) is 0. The molecule has 1 atom stereocenters. The third-order valence-electron chi connectivity index (χ3n) is 1.87. The third-order valence-corrected chi connectivity index (χ3v) is 1.87. The largest absolute Gasteiger partial charge is 1.00 e. The number of methoxy groups -OCH3 is 2. The Kier molecular flexibility index (Phi) is 5.74. The van der Waals surface area contributed by atoms with Crippen molar-refractivity contribution in [2.45, 2.75) is 19.9 Å². The van der Waals surface area contributed by atoms with E-state index in [9.17, 15) is 0 Å². The van der Waals surface area contributed by atoms with Crippen LogP contribution in [0.4, 0.5) is 0 Å². The van der Waals surface area contributed by atoms with Gasteiger partial charge in [-0.25, -0.2) is 0 Å². The van der Waals surface area contributed by atoms with Crippen molar-refractivity contribution in [1.29, 1.82) is 0 Å². The number of nitrogens with zero attached hydrogens (tertiary/aromatic N) is 2. The van der Waals surface area contributed by atoms with Gasteiger partial charge in [-0.3, -0.25) is 4.99 Å². The fraction of sp³-hybridized carbons (Fsp3) is 0.667. The molecule has 1 aliphatic rings. The van der Waals surface area contributed by atoms with Gasteiger partial charge in [-0.15, -0.1) is 0 Å². The maximum Gasteiger partial charge on any atom is 1.00 e. The van der Waals surface area contributed by atoms with E-state index in [2.05, 4.69) is 23.8 Å². The van der Waals surface area contributed by atoms with Gasteiger partial charge >= 0.3 is 18.9 Å². The molecule has 1 heterocycles. The van der Waals surface area contributed by atoms with Gasteiger partial charge in [-0.2, -0.15) is 0 Å². The topological polar surface area (TPSA) is 43.2 Å². The van der Waals surface area contributed by atoms with Crippen LogP contribution in [0.15, 0.2) is 9.98 Å². The molecular weight excluding hydrogens is 175 g/mol. The molecule has 0 N–H and O–H groups in total. The summed E-state index contributed by atoms with van der Waals surface area (Å²) < 4.78 is 10.1. The van der Waals surface area contributed by atoms with Gasteiger partial charge in [0.15, 0.2) is 0 Å². The van der Waals surface area contributed by atoms with E-state index in [-0.39, 0.29) is 24.9 Å². The second-order valence-corrected chi connectivity index (χ2v) is 3.16. The summed E-state index contributed by atoms with van der Waals surface area (Å²) in [5.74, 6) is 1.56. The molecule has 1 rings (SSSR count). The van der Waals surface area contributed by atoms with Crippen LogP contribution >= 0.6 is 0 Å². The summed E-state index contributed by atoms with van der Waals surface area (Å²) in [6.45, 7) is 5.71. The molecule has 0 saturated heterocycles. The minimum absolute atomic E-state index is 0. The van der Waals surface area contributed by atoms with E-state index < -0.39 is 0 Å². The Morgan fingerprint density at radius 3 is 2.36 bits per heavy atom. The second-order valence-electron chi connectivity index (χ2n) is 3.16. The molecule has 1 unspecified atom stereocenters. The van der Waals surface area contributed by atoms with Gasteiger partial charge in [0.2, 0.25) is 0 Å². The molecule has 0 aliphatic carbocycles. The molecule has 0 spiro atoms. The molecule has 0 aromatic heterocycles. The van der Waals surface area contributed by atoms with Gasteiger partial charge in [0.05, 0.1) is 26.2 Å². The van der Waals surface area contributed by atoms with Crippen molar-refractivity contribution in [3.05, 3.63) is 6.54 Å². The molecule has 1 aliphatic heterocycles. The van der Waals surface area contributed by atoms with Crippen LogP contribution in [-0.4, -0.2) is 32.1 Å². The Balaban J connectivity index is 0.00000169. The van der Waals surface area contributed by atoms with Gasteiger partial charge in [0.25, 0.3) is 0 Å². The average molecular weight is 190 g/mol. The molecule has 0 aromatic rings. The predicted molar refractivity (Wildman–Crippen MR) is 51.8 cm³/mol. The first kappa shape index (κ1) is 13.4. The van der Waals surface area contributed by atoms with Crippen LogP contribution in [0.5, 0.6) is 0 Å². The second kappa shape index (κ2) is 6.00. The first-order valence-corrected chi connectivity index (χ1v) is 4.25. The summed E-state index contributed by atoms with van der Waals surface area (Å²) in [5.41, 5.74) is 0. The Bertz CT molecular complexity index is 239. The van der Waals surface area contributed by atoms with Crippen molar-refractivity contribution in [3.63, 3.8) is 0 Å². The summed E-state index contributed by atoms with van der Waals surface area (Å²) in [6.07, 6.45) is 0. The fourth-order valence-corrected chi connectivity index (χ4v) is 1.13. The molecule has 74 valence electrons. The van der Waals surface area contributed by atoms with Crippen molar-refractivity contribution >= 4 is 11.8 Å². The minimum Gasteiger partial charge on any atom is -0.566 e. The van der Waals surface area contributed by atoms with E-state index >= 15 is 0 Å². The SMILES string of the molecule is COC1=NC(C(C)C)C(OC)=N[CH-]1.[Li+]. The number of hydrogen-bond acceptors (Lipinski definition) is 4.